The molecular weight excluding hydrogens is 478 g/mol. The molecule has 7 nitrogen and oxygen atoms in total. The van der Waals surface area contributed by atoms with Gasteiger partial charge in [-0.05, 0) is 72.6 Å². The molecule has 1 amide bonds. The molecule has 0 spiro atoms. The zero-order chi connectivity index (χ0) is 26.6. The minimum atomic E-state index is -0.132. The van der Waals surface area contributed by atoms with Crippen LogP contribution in [0, 0.1) is 5.92 Å². The highest BCUT2D eigenvalue weighted by Gasteiger charge is 2.22. The molecule has 1 N–H and O–H groups in total. The van der Waals surface area contributed by atoms with Crippen LogP contribution < -0.4 is 5.32 Å². The third-order valence-corrected chi connectivity index (χ3v) is 7.29. The number of benzene rings is 2. The fraction of sp³-hybridized carbons (Fsp3) is 0.516. The number of hydrogen-bond acceptors (Lipinski definition) is 6. The number of nitrogens with zero attached hydrogens (tertiary/aromatic N) is 2. The van der Waals surface area contributed by atoms with Crippen molar-refractivity contribution in [3.63, 3.8) is 0 Å². The number of morpholine rings is 1. The van der Waals surface area contributed by atoms with Crippen LogP contribution in [0.3, 0.4) is 0 Å². The maximum absolute atomic E-state index is 12.8. The molecule has 2 aromatic rings. The first-order valence-corrected chi connectivity index (χ1v) is 14.2. The molecule has 4 rings (SSSR count). The van der Waals surface area contributed by atoms with E-state index in [1.807, 2.05) is 41.6 Å². The van der Waals surface area contributed by atoms with E-state index in [1.165, 1.54) is 30.4 Å². The minimum Gasteiger partial charge on any atom is -0.466 e. The molecule has 0 bridgehead atoms. The number of carbonyl (C=O) groups excluding carboxylic acids is 2. The molecule has 1 saturated heterocycles. The molecule has 0 saturated carbocycles. The fourth-order valence-corrected chi connectivity index (χ4v) is 5.01. The standard InChI is InChI=1S/C31H41N3O4/c1-2-3-4-5-6-17-38-30(35)21-25-9-12-28-22-29(14-13-27(28)20-25)33-31(36)26-10-7-24(8-11-26)23-32-34-15-18-37-19-16-34/h7-8,10-11,13-14,22-23,25H,2-6,9,12,15-21H2,1H3,(H,33,36)/b32-23+. The van der Waals surface area contributed by atoms with Gasteiger partial charge in [-0.3, -0.25) is 14.6 Å². The first kappa shape index (κ1) is 27.8. The van der Waals surface area contributed by atoms with Crippen LogP contribution in [0.15, 0.2) is 47.6 Å². The Hall–Kier alpha value is -3.19. The SMILES string of the molecule is CCCCCCCOC(=O)CC1CCc2cc(NC(=O)c3ccc(/C=N/N4CCOCC4)cc3)ccc2C1. The van der Waals surface area contributed by atoms with Crippen LogP contribution in [0.1, 0.15) is 78.9 Å². The molecule has 1 unspecified atom stereocenters. The van der Waals surface area contributed by atoms with E-state index >= 15 is 0 Å². The number of hydrazone groups is 1. The number of ether oxygens (including phenoxy) is 2. The predicted octanol–water partition coefficient (Wildman–Crippen LogP) is 5.61. The highest BCUT2D eigenvalue weighted by molar-refractivity contribution is 6.04. The summed E-state index contributed by atoms with van der Waals surface area (Å²) < 4.78 is 10.8. The van der Waals surface area contributed by atoms with Gasteiger partial charge in [0.15, 0.2) is 0 Å². The maximum Gasteiger partial charge on any atom is 0.306 e. The Morgan fingerprint density at radius 1 is 1.05 bits per heavy atom. The monoisotopic (exact) mass is 519 g/mol. The molecule has 2 aliphatic rings. The smallest absolute Gasteiger partial charge is 0.306 e. The van der Waals surface area contributed by atoms with Crippen molar-refractivity contribution in [3.05, 3.63) is 64.7 Å². The van der Waals surface area contributed by atoms with Crippen LogP contribution in [-0.2, 0) is 27.1 Å². The number of carbonyl (C=O) groups is 2. The van der Waals surface area contributed by atoms with Gasteiger partial charge in [0.25, 0.3) is 5.91 Å². The van der Waals surface area contributed by atoms with Gasteiger partial charge in [0.2, 0.25) is 0 Å². The van der Waals surface area contributed by atoms with E-state index in [1.54, 1.807) is 0 Å². The van der Waals surface area contributed by atoms with Gasteiger partial charge in [-0.25, -0.2) is 0 Å². The highest BCUT2D eigenvalue weighted by Crippen LogP contribution is 2.30. The van der Waals surface area contributed by atoms with Crippen molar-refractivity contribution in [2.24, 2.45) is 11.0 Å². The average molecular weight is 520 g/mol. The van der Waals surface area contributed by atoms with E-state index in [4.69, 9.17) is 9.47 Å². The Morgan fingerprint density at radius 2 is 1.84 bits per heavy atom. The summed E-state index contributed by atoms with van der Waals surface area (Å²) in [5.41, 5.74) is 4.86. The van der Waals surface area contributed by atoms with Gasteiger partial charge >= 0.3 is 5.97 Å². The van der Waals surface area contributed by atoms with Gasteiger partial charge in [-0.1, -0.05) is 50.8 Å². The minimum absolute atomic E-state index is 0.0730. The van der Waals surface area contributed by atoms with Crippen molar-refractivity contribution in [1.82, 2.24) is 5.01 Å². The zero-order valence-corrected chi connectivity index (χ0v) is 22.6. The van der Waals surface area contributed by atoms with E-state index in [2.05, 4.69) is 29.5 Å². The van der Waals surface area contributed by atoms with E-state index in [-0.39, 0.29) is 11.9 Å². The molecule has 2 aromatic carbocycles. The Bertz CT molecular complexity index is 1080. The Kier molecular flexibility index (Phi) is 10.7. The summed E-state index contributed by atoms with van der Waals surface area (Å²) in [7, 11) is 0. The molecule has 1 aliphatic carbocycles. The van der Waals surface area contributed by atoms with Gasteiger partial charge in [0.1, 0.15) is 0 Å². The van der Waals surface area contributed by atoms with Crippen molar-refractivity contribution >= 4 is 23.8 Å². The number of aryl methyl sites for hydroxylation is 1. The van der Waals surface area contributed by atoms with E-state index < -0.39 is 0 Å². The molecule has 38 heavy (non-hydrogen) atoms. The number of esters is 1. The van der Waals surface area contributed by atoms with Crippen molar-refractivity contribution in [1.29, 1.82) is 0 Å². The van der Waals surface area contributed by atoms with Gasteiger partial charge in [0, 0.05) is 17.7 Å². The van der Waals surface area contributed by atoms with Crippen LogP contribution in [0.2, 0.25) is 0 Å². The number of amides is 1. The summed E-state index contributed by atoms with van der Waals surface area (Å²) in [6.45, 7) is 5.74. The maximum atomic E-state index is 12.8. The van der Waals surface area contributed by atoms with E-state index in [0.29, 0.717) is 37.7 Å². The second kappa shape index (κ2) is 14.7. The third kappa shape index (κ3) is 8.69. The van der Waals surface area contributed by atoms with Crippen LogP contribution in [0.25, 0.3) is 0 Å². The number of rotatable bonds is 12. The van der Waals surface area contributed by atoms with Crippen molar-refractivity contribution in [2.45, 2.75) is 64.7 Å². The summed E-state index contributed by atoms with van der Waals surface area (Å²) in [6, 6.07) is 13.6. The van der Waals surface area contributed by atoms with Crippen molar-refractivity contribution in [2.75, 3.05) is 38.2 Å². The lowest BCUT2D eigenvalue weighted by Crippen LogP contribution is -2.32. The molecule has 0 radical (unpaired) electrons. The summed E-state index contributed by atoms with van der Waals surface area (Å²) in [5, 5.41) is 9.50. The Labute approximate surface area is 226 Å². The lowest BCUT2D eigenvalue weighted by molar-refractivity contribution is -0.145. The van der Waals surface area contributed by atoms with Gasteiger partial charge in [0.05, 0.1) is 39.1 Å². The van der Waals surface area contributed by atoms with E-state index in [9.17, 15) is 9.59 Å². The van der Waals surface area contributed by atoms with Crippen LogP contribution >= 0.6 is 0 Å². The zero-order valence-electron chi connectivity index (χ0n) is 22.6. The normalized spacial score (nSPS) is 17.3. The first-order chi connectivity index (χ1) is 18.6. The largest absolute Gasteiger partial charge is 0.466 e. The summed E-state index contributed by atoms with van der Waals surface area (Å²) in [6.07, 6.45) is 10.8. The number of fused-ring (bicyclic) bond motifs is 1. The Balaban J connectivity index is 1.22. The van der Waals surface area contributed by atoms with Crippen LogP contribution in [0.4, 0.5) is 5.69 Å². The molecule has 7 heteroatoms. The molecule has 1 heterocycles. The molecule has 204 valence electrons. The summed E-state index contributed by atoms with van der Waals surface area (Å²) in [5.74, 6) is 0.116. The van der Waals surface area contributed by atoms with Crippen molar-refractivity contribution in [3.8, 4) is 0 Å². The lowest BCUT2D eigenvalue weighted by Gasteiger charge is -2.24. The molecule has 0 aromatic heterocycles. The molecule has 1 aliphatic heterocycles. The summed E-state index contributed by atoms with van der Waals surface area (Å²) in [4.78, 5) is 25.1. The second-order valence-electron chi connectivity index (χ2n) is 10.3. The number of anilines is 1. The van der Waals surface area contributed by atoms with Crippen LogP contribution in [-0.4, -0.2) is 56.0 Å². The third-order valence-electron chi connectivity index (χ3n) is 7.29. The van der Waals surface area contributed by atoms with Crippen molar-refractivity contribution < 1.29 is 19.1 Å². The van der Waals surface area contributed by atoms with Crippen LogP contribution in [0.5, 0.6) is 0 Å². The molecule has 1 atom stereocenters. The second-order valence-corrected chi connectivity index (χ2v) is 10.3. The average Bonchev–Trinajstić information content (AvgIpc) is 2.94. The summed E-state index contributed by atoms with van der Waals surface area (Å²) >= 11 is 0. The fourth-order valence-electron chi connectivity index (χ4n) is 5.01. The first-order valence-electron chi connectivity index (χ1n) is 14.2. The molecule has 1 fully saturated rings. The predicted molar refractivity (Wildman–Crippen MR) is 151 cm³/mol. The Morgan fingerprint density at radius 3 is 2.63 bits per heavy atom. The van der Waals surface area contributed by atoms with E-state index in [0.717, 1.165) is 56.4 Å². The van der Waals surface area contributed by atoms with Gasteiger partial charge in [-0.15, -0.1) is 0 Å². The molecular formula is C31H41N3O4. The van der Waals surface area contributed by atoms with Gasteiger partial charge < -0.3 is 14.8 Å². The number of hydrogen-bond donors (Lipinski definition) is 1. The number of unbranched alkanes of at least 4 members (excludes halogenated alkanes) is 4. The lowest BCUT2D eigenvalue weighted by atomic mass is 9.82. The quantitative estimate of drug-likeness (QED) is 0.224. The topological polar surface area (TPSA) is 80.2 Å². The number of nitrogens with one attached hydrogen (secondary N) is 1. The highest BCUT2D eigenvalue weighted by atomic mass is 16.5. The van der Waals surface area contributed by atoms with Gasteiger partial charge in [-0.2, -0.15) is 5.10 Å².